The van der Waals surface area contributed by atoms with Gasteiger partial charge in [0.05, 0.1) is 0 Å². The van der Waals surface area contributed by atoms with Crippen molar-refractivity contribution in [1.29, 1.82) is 0 Å². The largest absolute Gasteiger partial charge is 0.386 e. The summed E-state index contributed by atoms with van der Waals surface area (Å²) in [5.74, 6) is 0.788. The van der Waals surface area contributed by atoms with Crippen LogP contribution in [0, 0.1) is 0 Å². The molecule has 3 heteroatoms. The molecule has 0 aromatic heterocycles. The van der Waals surface area contributed by atoms with Crippen molar-refractivity contribution in [3.05, 3.63) is 0 Å². The molecule has 10 heavy (non-hydrogen) atoms. The Balaban J connectivity index is 2.18. The highest BCUT2D eigenvalue weighted by atomic mass is 15.5. The fraction of sp³-hybridized carbons (Fsp3) is 0.857. The lowest BCUT2D eigenvalue weighted by Crippen LogP contribution is -2.14. The number of unbranched alkanes of at least 4 members (excludes halogenated alkanes) is 1. The van der Waals surface area contributed by atoms with Crippen molar-refractivity contribution < 1.29 is 0 Å². The molecule has 0 aromatic rings. The Morgan fingerprint density at radius 3 is 3.00 bits per heavy atom. The molecule has 2 N–H and O–H groups in total. The van der Waals surface area contributed by atoms with Gasteiger partial charge in [-0.3, -0.25) is 5.01 Å². The Hall–Kier alpha value is -0.730. The molecule has 0 aliphatic carbocycles. The van der Waals surface area contributed by atoms with E-state index in [0.29, 0.717) is 0 Å². The Morgan fingerprint density at radius 2 is 2.50 bits per heavy atom. The molecule has 58 valence electrons. The summed E-state index contributed by atoms with van der Waals surface area (Å²) >= 11 is 0. The smallest absolute Gasteiger partial charge is 0.121 e. The topological polar surface area (TPSA) is 41.6 Å². The fourth-order valence-electron chi connectivity index (χ4n) is 1.03. The van der Waals surface area contributed by atoms with Crippen molar-refractivity contribution >= 4 is 5.84 Å². The molecular weight excluding hydrogens is 126 g/mol. The summed E-state index contributed by atoms with van der Waals surface area (Å²) in [7, 11) is 0. The van der Waals surface area contributed by atoms with Gasteiger partial charge in [0.1, 0.15) is 5.84 Å². The maximum absolute atomic E-state index is 5.51. The summed E-state index contributed by atoms with van der Waals surface area (Å²) < 4.78 is 0. The van der Waals surface area contributed by atoms with Crippen LogP contribution in [0.5, 0.6) is 0 Å². The molecule has 0 aromatic carbocycles. The summed E-state index contributed by atoms with van der Waals surface area (Å²) in [6.07, 6.45) is 3.40. The lowest BCUT2D eigenvalue weighted by Gasteiger charge is -2.11. The predicted octanol–water partition coefficient (Wildman–Crippen LogP) is 0.764. The summed E-state index contributed by atoms with van der Waals surface area (Å²) in [4.78, 5) is 0. The van der Waals surface area contributed by atoms with E-state index in [1.165, 1.54) is 12.8 Å². The van der Waals surface area contributed by atoms with Crippen molar-refractivity contribution in [2.75, 3.05) is 13.1 Å². The third kappa shape index (κ3) is 1.90. The zero-order chi connectivity index (χ0) is 7.40. The molecular formula is C7H15N3. The third-order valence-corrected chi connectivity index (χ3v) is 1.67. The highest BCUT2D eigenvalue weighted by Crippen LogP contribution is 2.03. The maximum atomic E-state index is 5.51. The van der Waals surface area contributed by atoms with Gasteiger partial charge in [-0.1, -0.05) is 13.3 Å². The quantitative estimate of drug-likeness (QED) is 0.630. The molecule has 0 radical (unpaired) electrons. The summed E-state index contributed by atoms with van der Waals surface area (Å²) in [6, 6.07) is 0. The Morgan fingerprint density at radius 1 is 1.70 bits per heavy atom. The number of nitrogens with two attached hydrogens (primary N) is 1. The van der Waals surface area contributed by atoms with Crippen LogP contribution in [0.2, 0.25) is 0 Å². The standard InChI is InChI=1S/C7H15N3/c1-2-3-5-10-6-4-7(8)9-10/h2-6H2,1H3,(H2,8,9). The monoisotopic (exact) mass is 141 g/mol. The van der Waals surface area contributed by atoms with Crippen molar-refractivity contribution in [3.63, 3.8) is 0 Å². The molecule has 3 nitrogen and oxygen atoms in total. The maximum Gasteiger partial charge on any atom is 0.121 e. The second-order valence-electron chi connectivity index (χ2n) is 2.65. The SMILES string of the molecule is CCCCN1CCC(N)=N1. The number of hydrogen-bond donors (Lipinski definition) is 1. The molecule has 0 saturated carbocycles. The van der Waals surface area contributed by atoms with Crippen LogP contribution in [0.4, 0.5) is 0 Å². The van der Waals surface area contributed by atoms with Crippen LogP contribution in [-0.4, -0.2) is 23.9 Å². The van der Waals surface area contributed by atoms with Gasteiger partial charge in [0.15, 0.2) is 0 Å². The van der Waals surface area contributed by atoms with E-state index in [4.69, 9.17) is 5.73 Å². The lowest BCUT2D eigenvalue weighted by atomic mass is 10.3. The van der Waals surface area contributed by atoms with E-state index in [9.17, 15) is 0 Å². The minimum absolute atomic E-state index is 0.788. The average molecular weight is 141 g/mol. The van der Waals surface area contributed by atoms with Crippen LogP contribution in [-0.2, 0) is 0 Å². The number of hydrogen-bond acceptors (Lipinski definition) is 3. The van der Waals surface area contributed by atoms with Crippen molar-refractivity contribution in [2.24, 2.45) is 10.8 Å². The zero-order valence-electron chi connectivity index (χ0n) is 6.51. The van der Waals surface area contributed by atoms with Gasteiger partial charge in [0, 0.05) is 19.5 Å². The second kappa shape index (κ2) is 3.44. The van der Waals surface area contributed by atoms with E-state index < -0.39 is 0 Å². The number of hydrazone groups is 1. The number of amidine groups is 1. The van der Waals surface area contributed by atoms with Gasteiger partial charge < -0.3 is 5.73 Å². The molecule has 0 amide bonds. The van der Waals surface area contributed by atoms with Crippen LogP contribution < -0.4 is 5.73 Å². The second-order valence-corrected chi connectivity index (χ2v) is 2.65. The van der Waals surface area contributed by atoms with Gasteiger partial charge in [0.2, 0.25) is 0 Å². The van der Waals surface area contributed by atoms with E-state index in [1.54, 1.807) is 0 Å². The van der Waals surface area contributed by atoms with E-state index >= 15 is 0 Å². The zero-order valence-corrected chi connectivity index (χ0v) is 6.51. The van der Waals surface area contributed by atoms with Crippen LogP contribution >= 0.6 is 0 Å². The van der Waals surface area contributed by atoms with E-state index in [0.717, 1.165) is 25.3 Å². The molecule has 0 bridgehead atoms. The molecule has 0 atom stereocenters. The van der Waals surface area contributed by atoms with E-state index in [-0.39, 0.29) is 0 Å². The Kier molecular flexibility index (Phi) is 2.54. The first kappa shape index (κ1) is 7.38. The van der Waals surface area contributed by atoms with Gasteiger partial charge >= 0.3 is 0 Å². The van der Waals surface area contributed by atoms with E-state index in [2.05, 4.69) is 17.0 Å². The molecule has 0 saturated heterocycles. The van der Waals surface area contributed by atoms with E-state index in [1.807, 2.05) is 0 Å². The molecule has 1 rings (SSSR count). The number of rotatable bonds is 3. The van der Waals surface area contributed by atoms with Crippen LogP contribution in [0.15, 0.2) is 5.10 Å². The minimum Gasteiger partial charge on any atom is -0.386 e. The van der Waals surface area contributed by atoms with Gasteiger partial charge in [-0.15, -0.1) is 0 Å². The normalized spacial score (nSPS) is 17.7. The van der Waals surface area contributed by atoms with Gasteiger partial charge in [-0.2, -0.15) is 5.10 Å². The predicted molar refractivity (Wildman–Crippen MR) is 42.7 cm³/mol. The molecule has 0 spiro atoms. The Labute approximate surface area is 61.9 Å². The summed E-state index contributed by atoms with van der Waals surface area (Å²) in [5, 5.41) is 6.21. The fourth-order valence-corrected chi connectivity index (χ4v) is 1.03. The minimum atomic E-state index is 0.788. The first-order valence-electron chi connectivity index (χ1n) is 3.91. The van der Waals surface area contributed by atoms with Gasteiger partial charge in [-0.05, 0) is 6.42 Å². The lowest BCUT2D eigenvalue weighted by molar-refractivity contribution is 0.312. The third-order valence-electron chi connectivity index (χ3n) is 1.67. The highest BCUT2D eigenvalue weighted by Gasteiger charge is 2.09. The molecule has 0 unspecified atom stereocenters. The first-order chi connectivity index (χ1) is 4.83. The van der Waals surface area contributed by atoms with Crippen molar-refractivity contribution in [2.45, 2.75) is 26.2 Å². The van der Waals surface area contributed by atoms with Gasteiger partial charge in [-0.25, -0.2) is 0 Å². The molecule has 1 aliphatic heterocycles. The molecule has 1 heterocycles. The molecule has 1 aliphatic rings. The number of nitrogens with zero attached hydrogens (tertiary/aromatic N) is 2. The van der Waals surface area contributed by atoms with Crippen molar-refractivity contribution in [3.8, 4) is 0 Å². The first-order valence-corrected chi connectivity index (χ1v) is 3.91. The average Bonchev–Trinajstić information content (AvgIpc) is 2.31. The van der Waals surface area contributed by atoms with Crippen LogP contribution in [0.1, 0.15) is 26.2 Å². The Bertz CT molecular complexity index is 131. The molecule has 0 fully saturated rings. The van der Waals surface area contributed by atoms with Crippen LogP contribution in [0.3, 0.4) is 0 Å². The van der Waals surface area contributed by atoms with Crippen LogP contribution in [0.25, 0.3) is 0 Å². The highest BCUT2D eigenvalue weighted by molar-refractivity contribution is 5.81. The van der Waals surface area contributed by atoms with Crippen molar-refractivity contribution in [1.82, 2.24) is 5.01 Å². The summed E-state index contributed by atoms with van der Waals surface area (Å²) in [6.45, 7) is 4.27. The summed E-state index contributed by atoms with van der Waals surface area (Å²) in [5.41, 5.74) is 5.51. The van der Waals surface area contributed by atoms with Gasteiger partial charge in [0.25, 0.3) is 0 Å².